The van der Waals surface area contributed by atoms with Gasteiger partial charge in [0, 0.05) is 19.8 Å². The molecule has 0 bridgehead atoms. The number of hydrogen-bond donors (Lipinski definition) is 3. The first-order valence-corrected chi connectivity index (χ1v) is 10.5. The highest BCUT2D eigenvalue weighted by molar-refractivity contribution is 5.91. The molecule has 0 fully saturated rings. The molecule has 32 heavy (non-hydrogen) atoms. The van der Waals surface area contributed by atoms with Gasteiger partial charge in [-0.05, 0) is 22.3 Å². The maximum Gasteiger partial charge on any atom is 0.243 e. The molecule has 6 nitrogen and oxygen atoms in total. The van der Waals surface area contributed by atoms with Crippen molar-refractivity contribution in [2.75, 3.05) is 0 Å². The lowest BCUT2D eigenvalue weighted by atomic mass is 9.99. The summed E-state index contributed by atoms with van der Waals surface area (Å²) in [5.74, 6) is -1.41. The molecule has 6 heteroatoms. The van der Waals surface area contributed by atoms with Gasteiger partial charge in [-0.25, -0.2) is 0 Å². The highest BCUT2D eigenvalue weighted by atomic mass is 16.2. The van der Waals surface area contributed by atoms with E-state index in [4.69, 9.17) is 5.73 Å². The lowest BCUT2D eigenvalue weighted by Crippen LogP contribution is -2.54. The highest BCUT2D eigenvalue weighted by Crippen LogP contribution is 2.19. The van der Waals surface area contributed by atoms with Crippen LogP contribution in [0.1, 0.15) is 18.1 Å². The molecule has 3 aromatic rings. The summed E-state index contributed by atoms with van der Waals surface area (Å²) >= 11 is 0. The van der Waals surface area contributed by atoms with Gasteiger partial charge in [-0.2, -0.15) is 0 Å². The Hall–Kier alpha value is -3.93. The van der Waals surface area contributed by atoms with Crippen molar-refractivity contribution in [3.63, 3.8) is 0 Å². The number of amides is 3. The van der Waals surface area contributed by atoms with Crippen molar-refractivity contribution >= 4 is 17.7 Å². The van der Waals surface area contributed by atoms with Crippen LogP contribution in [0.3, 0.4) is 0 Å². The summed E-state index contributed by atoms with van der Waals surface area (Å²) in [6.45, 7) is 1.35. The molecule has 0 aliphatic heterocycles. The first-order valence-electron chi connectivity index (χ1n) is 10.5. The van der Waals surface area contributed by atoms with Crippen molar-refractivity contribution in [3.05, 3.63) is 96.1 Å². The van der Waals surface area contributed by atoms with E-state index in [1.54, 1.807) is 0 Å². The third kappa shape index (κ3) is 6.54. The van der Waals surface area contributed by atoms with E-state index in [-0.39, 0.29) is 12.3 Å². The maximum atomic E-state index is 12.9. The Labute approximate surface area is 187 Å². The van der Waals surface area contributed by atoms with Crippen LogP contribution < -0.4 is 16.4 Å². The third-order valence-electron chi connectivity index (χ3n) is 5.14. The van der Waals surface area contributed by atoms with E-state index in [0.717, 1.165) is 22.3 Å². The summed E-state index contributed by atoms with van der Waals surface area (Å²) in [6, 6.07) is 25.4. The van der Waals surface area contributed by atoms with E-state index in [1.165, 1.54) is 6.92 Å². The van der Waals surface area contributed by atoms with Crippen molar-refractivity contribution in [2.45, 2.75) is 31.8 Å². The fraction of sp³-hybridized carbons (Fsp3) is 0.192. The van der Waals surface area contributed by atoms with E-state index in [1.807, 2.05) is 84.9 Å². The van der Waals surface area contributed by atoms with Gasteiger partial charge >= 0.3 is 0 Å². The second kappa shape index (κ2) is 10.9. The minimum atomic E-state index is -0.892. The van der Waals surface area contributed by atoms with Crippen LogP contribution in [0.25, 0.3) is 11.1 Å². The molecule has 0 unspecified atom stereocenters. The van der Waals surface area contributed by atoms with Gasteiger partial charge in [0.05, 0.1) is 0 Å². The van der Waals surface area contributed by atoms with Gasteiger partial charge in [-0.15, -0.1) is 0 Å². The fourth-order valence-electron chi connectivity index (χ4n) is 3.50. The topological polar surface area (TPSA) is 101 Å². The normalized spacial score (nSPS) is 12.4. The highest BCUT2D eigenvalue weighted by Gasteiger charge is 2.25. The lowest BCUT2D eigenvalue weighted by Gasteiger charge is -2.22. The number of hydrogen-bond acceptors (Lipinski definition) is 3. The Morgan fingerprint density at radius 2 is 1.19 bits per heavy atom. The summed E-state index contributed by atoms with van der Waals surface area (Å²) in [7, 11) is 0. The molecule has 164 valence electrons. The van der Waals surface area contributed by atoms with E-state index >= 15 is 0 Å². The second-order valence-electron chi connectivity index (χ2n) is 7.67. The summed E-state index contributed by atoms with van der Waals surface area (Å²) in [5, 5.41) is 5.37. The molecule has 0 radical (unpaired) electrons. The van der Waals surface area contributed by atoms with Crippen molar-refractivity contribution < 1.29 is 14.4 Å². The molecule has 0 aliphatic carbocycles. The Balaban J connectivity index is 1.69. The molecule has 2 atom stereocenters. The molecule has 0 saturated heterocycles. The Kier molecular flexibility index (Phi) is 7.75. The number of rotatable bonds is 9. The van der Waals surface area contributed by atoms with Gasteiger partial charge in [0.1, 0.15) is 12.1 Å². The second-order valence-corrected chi connectivity index (χ2v) is 7.67. The summed E-state index contributed by atoms with van der Waals surface area (Å²) in [5.41, 5.74) is 9.49. The number of primary amides is 1. The molecule has 3 aromatic carbocycles. The van der Waals surface area contributed by atoms with Gasteiger partial charge < -0.3 is 16.4 Å². The first kappa shape index (κ1) is 22.7. The smallest absolute Gasteiger partial charge is 0.243 e. The molecule has 0 aliphatic rings. The number of benzene rings is 3. The number of carbonyl (C=O) groups excluding carboxylic acids is 3. The molecule has 3 amide bonds. The molecule has 0 aromatic heterocycles. The largest absolute Gasteiger partial charge is 0.368 e. The zero-order chi connectivity index (χ0) is 22.9. The molecule has 4 N–H and O–H groups in total. The monoisotopic (exact) mass is 429 g/mol. The summed E-state index contributed by atoms with van der Waals surface area (Å²) in [4.78, 5) is 36.6. The van der Waals surface area contributed by atoms with E-state index in [2.05, 4.69) is 10.6 Å². The van der Waals surface area contributed by atoms with Gasteiger partial charge in [0.25, 0.3) is 0 Å². The predicted octanol–water partition coefficient (Wildman–Crippen LogP) is 2.61. The van der Waals surface area contributed by atoms with Crippen LogP contribution in [0, 0.1) is 0 Å². The zero-order valence-corrected chi connectivity index (χ0v) is 18.0. The predicted molar refractivity (Wildman–Crippen MR) is 124 cm³/mol. The van der Waals surface area contributed by atoms with Gasteiger partial charge in [0.2, 0.25) is 17.7 Å². The van der Waals surface area contributed by atoms with Crippen LogP contribution in [0.4, 0.5) is 0 Å². The summed E-state index contributed by atoms with van der Waals surface area (Å²) in [6.07, 6.45) is 0.567. The average Bonchev–Trinajstić information content (AvgIpc) is 2.79. The minimum absolute atomic E-state index is 0.258. The zero-order valence-electron chi connectivity index (χ0n) is 18.0. The van der Waals surface area contributed by atoms with E-state index in [0.29, 0.717) is 6.42 Å². The molecule has 0 spiro atoms. The Morgan fingerprint density at radius 3 is 1.75 bits per heavy atom. The molecule has 3 rings (SSSR count). The van der Waals surface area contributed by atoms with Crippen LogP contribution in [0.2, 0.25) is 0 Å². The molecular weight excluding hydrogens is 402 g/mol. The van der Waals surface area contributed by atoms with Crippen LogP contribution >= 0.6 is 0 Å². The number of nitrogens with two attached hydrogens (primary N) is 1. The van der Waals surface area contributed by atoms with Crippen molar-refractivity contribution in [1.82, 2.24) is 10.6 Å². The first-order chi connectivity index (χ1) is 15.4. The molecule has 0 heterocycles. The van der Waals surface area contributed by atoms with Crippen molar-refractivity contribution in [2.24, 2.45) is 5.73 Å². The lowest BCUT2D eigenvalue weighted by molar-refractivity contribution is -0.130. The summed E-state index contributed by atoms with van der Waals surface area (Å²) < 4.78 is 0. The molecular formula is C26H27N3O3. The minimum Gasteiger partial charge on any atom is -0.368 e. The fourth-order valence-corrected chi connectivity index (χ4v) is 3.50. The Morgan fingerprint density at radius 1 is 0.688 bits per heavy atom. The number of carbonyl (C=O) groups is 3. The molecule has 0 saturated carbocycles. The maximum absolute atomic E-state index is 12.9. The van der Waals surface area contributed by atoms with Gasteiger partial charge in [-0.1, -0.05) is 84.9 Å². The Bertz CT molecular complexity index is 1050. The van der Waals surface area contributed by atoms with Crippen LogP contribution in [-0.4, -0.2) is 29.8 Å². The van der Waals surface area contributed by atoms with Crippen LogP contribution in [-0.2, 0) is 27.2 Å². The standard InChI is InChI=1S/C26H27N3O3/c1-18(30)28-24(17-19-8-4-2-5-9-19)26(32)29-23(25(27)31)16-20-12-14-22(15-13-20)21-10-6-3-7-11-21/h2-15,23-24H,16-17H2,1H3,(H2,27,31)(H,28,30)(H,29,32)/t23-,24-/m0/s1. The number of nitrogens with one attached hydrogen (secondary N) is 2. The van der Waals surface area contributed by atoms with Crippen molar-refractivity contribution in [1.29, 1.82) is 0 Å². The van der Waals surface area contributed by atoms with Crippen molar-refractivity contribution in [3.8, 4) is 11.1 Å². The van der Waals surface area contributed by atoms with Gasteiger partial charge in [0.15, 0.2) is 0 Å². The van der Waals surface area contributed by atoms with E-state index < -0.39 is 23.9 Å². The van der Waals surface area contributed by atoms with Crippen LogP contribution in [0.5, 0.6) is 0 Å². The van der Waals surface area contributed by atoms with Gasteiger partial charge in [-0.3, -0.25) is 14.4 Å². The van der Waals surface area contributed by atoms with Crippen LogP contribution in [0.15, 0.2) is 84.9 Å². The van der Waals surface area contributed by atoms with E-state index in [9.17, 15) is 14.4 Å². The third-order valence-corrected chi connectivity index (χ3v) is 5.14. The average molecular weight is 430 g/mol. The quantitative estimate of drug-likeness (QED) is 0.487. The SMILES string of the molecule is CC(=O)N[C@@H](Cc1ccccc1)C(=O)N[C@@H](Cc1ccc(-c2ccccc2)cc1)C(N)=O.